The Hall–Kier alpha value is -0.580. The SMILES string of the molecule is FC(F)(F)CN(CCBr)c1nnc(C(F)(F)F)s1. The minimum absolute atomic E-state index is 0.0864. The van der Waals surface area contributed by atoms with Crippen LogP contribution in [0.4, 0.5) is 31.5 Å². The molecule has 0 spiro atoms. The summed E-state index contributed by atoms with van der Waals surface area (Å²) in [4.78, 5) is 0.696. The molecule has 1 rings (SSSR count). The van der Waals surface area contributed by atoms with E-state index in [-0.39, 0.29) is 23.2 Å². The summed E-state index contributed by atoms with van der Waals surface area (Å²) in [5, 5.41) is 4.48. The first-order valence-electron chi connectivity index (χ1n) is 4.42. The third-order valence-corrected chi connectivity index (χ3v) is 3.04. The topological polar surface area (TPSA) is 29.0 Å². The Morgan fingerprint density at radius 3 is 2.11 bits per heavy atom. The van der Waals surface area contributed by atoms with E-state index in [4.69, 9.17) is 0 Å². The highest BCUT2D eigenvalue weighted by molar-refractivity contribution is 9.09. The van der Waals surface area contributed by atoms with E-state index in [9.17, 15) is 26.3 Å². The standard InChI is InChI=1S/C7H6BrF6N3S/c8-1-2-17(3-6(9,10)11)5-16-15-4(18-5)7(12,13)14/h1-3H2. The molecule has 0 N–H and O–H groups in total. The van der Waals surface area contributed by atoms with Crippen LogP contribution in [0.25, 0.3) is 0 Å². The lowest BCUT2D eigenvalue weighted by atomic mass is 10.5. The van der Waals surface area contributed by atoms with Gasteiger partial charge in [-0.3, -0.25) is 0 Å². The van der Waals surface area contributed by atoms with Gasteiger partial charge in [0.1, 0.15) is 6.54 Å². The van der Waals surface area contributed by atoms with Crippen molar-refractivity contribution in [3.8, 4) is 0 Å². The lowest BCUT2D eigenvalue weighted by molar-refractivity contribution is -0.138. The molecule has 0 bridgehead atoms. The van der Waals surface area contributed by atoms with Crippen LogP contribution in [-0.2, 0) is 6.18 Å². The van der Waals surface area contributed by atoms with Crippen molar-refractivity contribution in [1.82, 2.24) is 10.2 Å². The van der Waals surface area contributed by atoms with E-state index in [0.717, 1.165) is 0 Å². The van der Waals surface area contributed by atoms with Crippen LogP contribution in [0.2, 0.25) is 0 Å². The number of anilines is 1. The van der Waals surface area contributed by atoms with Crippen LogP contribution in [-0.4, -0.2) is 34.8 Å². The Bertz CT molecular complexity index is 389. The molecule has 1 heterocycles. The van der Waals surface area contributed by atoms with Crippen molar-refractivity contribution >= 4 is 32.4 Å². The van der Waals surface area contributed by atoms with Crippen LogP contribution < -0.4 is 4.90 Å². The Balaban J connectivity index is 2.89. The van der Waals surface area contributed by atoms with Gasteiger partial charge in [-0.15, -0.1) is 10.2 Å². The quantitative estimate of drug-likeness (QED) is 0.611. The van der Waals surface area contributed by atoms with Crippen molar-refractivity contribution < 1.29 is 26.3 Å². The lowest BCUT2D eigenvalue weighted by Gasteiger charge is -2.21. The van der Waals surface area contributed by atoms with Gasteiger partial charge in [-0.2, -0.15) is 26.3 Å². The van der Waals surface area contributed by atoms with Gasteiger partial charge in [-0.05, 0) is 0 Å². The molecule has 18 heavy (non-hydrogen) atoms. The Morgan fingerprint density at radius 2 is 1.72 bits per heavy atom. The summed E-state index contributed by atoms with van der Waals surface area (Å²) >= 11 is 3.01. The van der Waals surface area contributed by atoms with E-state index in [1.807, 2.05) is 0 Å². The fourth-order valence-corrected chi connectivity index (χ4v) is 2.18. The molecular weight excluding hydrogens is 352 g/mol. The Kier molecular flexibility index (Phi) is 4.81. The predicted octanol–water partition coefficient (Wildman–Crippen LogP) is 3.32. The molecule has 0 aliphatic rings. The van der Waals surface area contributed by atoms with Gasteiger partial charge >= 0.3 is 12.4 Å². The number of halogens is 7. The van der Waals surface area contributed by atoms with Crippen molar-refractivity contribution in [2.24, 2.45) is 0 Å². The van der Waals surface area contributed by atoms with Crippen molar-refractivity contribution in [3.63, 3.8) is 0 Å². The number of alkyl halides is 7. The molecule has 104 valence electrons. The molecule has 11 heteroatoms. The summed E-state index contributed by atoms with van der Waals surface area (Å²) in [6.45, 7) is -1.49. The third-order valence-electron chi connectivity index (χ3n) is 1.65. The molecule has 0 fully saturated rings. The smallest absolute Gasteiger partial charge is 0.337 e. The molecule has 3 nitrogen and oxygen atoms in total. The predicted molar refractivity (Wildman–Crippen MR) is 57.0 cm³/mol. The van der Waals surface area contributed by atoms with Crippen LogP contribution in [0, 0.1) is 0 Å². The number of hydrogen-bond acceptors (Lipinski definition) is 4. The van der Waals surface area contributed by atoms with Crippen molar-refractivity contribution in [3.05, 3.63) is 5.01 Å². The average molecular weight is 358 g/mol. The van der Waals surface area contributed by atoms with Gasteiger partial charge in [0.2, 0.25) is 10.1 Å². The molecule has 0 unspecified atom stereocenters. The Morgan fingerprint density at radius 1 is 1.11 bits per heavy atom. The van der Waals surface area contributed by atoms with E-state index < -0.39 is 29.0 Å². The molecule has 0 saturated carbocycles. The maximum absolute atomic E-state index is 12.2. The molecule has 1 aromatic rings. The zero-order valence-electron chi connectivity index (χ0n) is 8.52. The van der Waals surface area contributed by atoms with Crippen LogP contribution >= 0.6 is 27.3 Å². The maximum atomic E-state index is 12.2. The van der Waals surface area contributed by atoms with Crippen molar-refractivity contribution in [2.75, 3.05) is 23.3 Å². The summed E-state index contributed by atoms with van der Waals surface area (Å²) in [6.07, 6.45) is -9.22. The molecule has 0 radical (unpaired) electrons. The monoisotopic (exact) mass is 357 g/mol. The van der Waals surface area contributed by atoms with Gasteiger partial charge in [-0.1, -0.05) is 27.3 Å². The summed E-state index contributed by atoms with van der Waals surface area (Å²) < 4.78 is 73.4. The second-order valence-electron chi connectivity index (χ2n) is 3.11. The van der Waals surface area contributed by atoms with E-state index in [1.165, 1.54) is 0 Å². The second kappa shape index (κ2) is 5.59. The van der Waals surface area contributed by atoms with E-state index in [1.54, 1.807) is 0 Å². The molecule has 0 aliphatic carbocycles. The molecule has 0 atom stereocenters. The molecule has 0 aromatic carbocycles. The van der Waals surface area contributed by atoms with Crippen molar-refractivity contribution in [2.45, 2.75) is 12.4 Å². The first-order valence-corrected chi connectivity index (χ1v) is 6.35. The van der Waals surface area contributed by atoms with Gasteiger partial charge in [-0.25, -0.2) is 0 Å². The minimum Gasteiger partial charge on any atom is -0.337 e. The summed E-state index contributed by atoms with van der Waals surface area (Å²) in [6, 6.07) is 0. The fourth-order valence-electron chi connectivity index (χ4n) is 1.02. The minimum atomic E-state index is -4.70. The van der Waals surface area contributed by atoms with Gasteiger partial charge < -0.3 is 4.90 Å². The molecule has 1 aromatic heterocycles. The van der Waals surface area contributed by atoms with Crippen LogP contribution in [0.3, 0.4) is 0 Å². The highest BCUT2D eigenvalue weighted by Gasteiger charge is 2.37. The molecule has 0 aliphatic heterocycles. The average Bonchev–Trinajstić information content (AvgIpc) is 2.62. The van der Waals surface area contributed by atoms with Crippen LogP contribution in [0.1, 0.15) is 5.01 Å². The summed E-state index contributed by atoms with van der Waals surface area (Å²) in [5.74, 6) is 0. The fraction of sp³-hybridized carbons (Fsp3) is 0.714. The van der Waals surface area contributed by atoms with Gasteiger partial charge in [0.05, 0.1) is 0 Å². The highest BCUT2D eigenvalue weighted by atomic mass is 79.9. The van der Waals surface area contributed by atoms with Gasteiger partial charge in [0, 0.05) is 11.9 Å². The van der Waals surface area contributed by atoms with Crippen molar-refractivity contribution in [1.29, 1.82) is 0 Å². The number of nitrogens with zero attached hydrogens (tertiary/aromatic N) is 3. The first-order chi connectivity index (χ1) is 8.13. The lowest BCUT2D eigenvalue weighted by Crippen LogP contribution is -2.35. The normalized spacial score (nSPS) is 12.8. The molecule has 0 amide bonds. The number of hydrogen-bond donors (Lipinski definition) is 0. The van der Waals surface area contributed by atoms with E-state index >= 15 is 0 Å². The Labute approximate surface area is 110 Å². The second-order valence-corrected chi connectivity index (χ2v) is 4.86. The van der Waals surface area contributed by atoms with Crippen LogP contribution in [0.5, 0.6) is 0 Å². The largest absolute Gasteiger partial charge is 0.445 e. The van der Waals surface area contributed by atoms with E-state index in [0.29, 0.717) is 4.90 Å². The van der Waals surface area contributed by atoms with E-state index in [2.05, 4.69) is 26.1 Å². The van der Waals surface area contributed by atoms with Crippen LogP contribution in [0.15, 0.2) is 0 Å². The third kappa shape index (κ3) is 4.59. The highest BCUT2D eigenvalue weighted by Crippen LogP contribution is 2.35. The number of aromatic nitrogens is 2. The zero-order valence-corrected chi connectivity index (χ0v) is 10.9. The zero-order chi connectivity index (χ0) is 14.0. The van der Waals surface area contributed by atoms with Gasteiger partial charge in [0.15, 0.2) is 0 Å². The summed E-state index contributed by atoms with van der Waals surface area (Å²) in [5.41, 5.74) is 0. The summed E-state index contributed by atoms with van der Waals surface area (Å²) in [7, 11) is 0. The maximum Gasteiger partial charge on any atom is 0.445 e. The number of rotatable bonds is 4. The van der Waals surface area contributed by atoms with Gasteiger partial charge in [0.25, 0.3) is 0 Å². The molecule has 0 saturated heterocycles. The molecular formula is C7H6BrF6N3S. The first kappa shape index (κ1) is 15.5.